The molecule has 0 radical (unpaired) electrons. The first-order valence-electron chi connectivity index (χ1n) is 3.94. The minimum atomic E-state index is 0.449. The summed E-state index contributed by atoms with van der Waals surface area (Å²) in [6, 6.07) is 7.78. The molecule has 0 spiro atoms. The van der Waals surface area contributed by atoms with Crippen molar-refractivity contribution in [1.82, 2.24) is 0 Å². The Bertz CT molecular complexity index is 420. The van der Waals surface area contributed by atoms with Gasteiger partial charge in [0.1, 0.15) is 12.2 Å². The van der Waals surface area contributed by atoms with Crippen LogP contribution in [0.15, 0.2) is 40.1 Å². The van der Waals surface area contributed by atoms with Crippen LogP contribution in [0.5, 0.6) is 0 Å². The molecule has 0 aliphatic carbocycles. The van der Waals surface area contributed by atoms with E-state index < -0.39 is 0 Å². The molecule has 2 rings (SSSR count). The minimum Gasteiger partial charge on any atom is -0.464 e. The second-order valence-electron chi connectivity index (χ2n) is 2.70. The molecule has 0 N–H and O–H groups in total. The van der Waals surface area contributed by atoms with E-state index in [-0.39, 0.29) is 0 Å². The van der Waals surface area contributed by atoms with E-state index in [0.717, 1.165) is 16.5 Å². The summed E-state index contributed by atoms with van der Waals surface area (Å²) in [5.74, 6) is 0. The van der Waals surface area contributed by atoms with Crippen LogP contribution in [0.2, 0.25) is 0 Å². The Morgan fingerprint density at radius 2 is 2.31 bits per heavy atom. The Balaban J connectivity index is 2.31. The number of benzene rings is 1. The maximum absolute atomic E-state index is 5.20. The van der Waals surface area contributed by atoms with E-state index in [1.54, 1.807) is 6.26 Å². The van der Waals surface area contributed by atoms with Gasteiger partial charge in [0.05, 0.1) is 6.26 Å². The van der Waals surface area contributed by atoms with Gasteiger partial charge in [-0.05, 0) is 23.8 Å². The van der Waals surface area contributed by atoms with Gasteiger partial charge >= 0.3 is 0 Å². The van der Waals surface area contributed by atoms with Gasteiger partial charge in [0, 0.05) is 12.1 Å². The first-order valence-corrected chi connectivity index (χ1v) is 3.94. The van der Waals surface area contributed by atoms with Gasteiger partial charge in [0.15, 0.2) is 0 Å². The molecule has 0 aliphatic heterocycles. The van der Waals surface area contributed by atoms with Crippen LogP contribution in [0.4, 0.5) is 0 Å². The van der Waals surface area contributed by atoms with Crippen molar-refractivity contribution in [2.45, 2.75) is 6.61 Å². The molecule has 0 aliphatic rings. The maximum atomic E-state index is 5.20. The average Bonchev–Trinajstić information content (AvgIpc) is 2.61. The van der Waals surface area contributed by atoms with Gasteiger partial charge in [0.25, 0.3) is 0 Å². The molecular weight excluding hydrogens is 166 g/mol. The highest BCUT2D eigenvalue weighted by Crippen LogP contribution is 2.17. The Kier molecular flexibility index (Phi) is 2.00. The normalized spacial score (nSPS) is 10.2. The Labute approximate surface area is 75.6 Å². The van der Waals surface area contributed by atoms with Gasteiger partial charge in [-0.15, -0.1) is 5.16 Å². The maximum Gasteiger partial charge on any atom is 0.142 e. The van der Waals surface area contributed by atoms with Crippen molar-refractivity contribution >= 4 is 17.7 Å². The second kappa shape index (κ2) is 3.31. The molecule has 0 amide bonds. The molecule has 1 aromatic carbocycles. The first-order chi connectivity index (χ1) is 6.40. The van der Waals surface area contributed by atoms with Crippen LogP contribution < -0.4 is 0 Å². The van der Waals surface area contributed by atoms with Crippen LogP contribution in [0.3, 0.4) is 0 Å². The molecule has 3 heteroatoms. The van der Waals surface area contributed by atoms with Gasteiger partial charge in [-0.1, -0.05) is 6.07 Å². The smallest absolute Gasteiger partial charge is 0.142 e. The fourth-order valence-corrected chi connectivity index (χ4v) is 1.23. The lowest BCUT2D eigenvalue weighted by Gasteiger charge is -1.98. The van der Waals surface area contributed by atoms with Crippen molar-refractivity contribution in [2.75, 3.05) is 0 Å². The van der Waals surface area contributed by atoms with E-state index in [9.17, 15) is 0 Å². The molecule has 0 saturated heterocycles. The Hall–Kier alpha value is -1.77. The molecule has 0 saturated carbocycles. The highest BCUT2D eigenvalue weighted by atomic mass is 16.6. The molecule has 0 atom stereocenters. The highest BCUT2D eigenvalue weighted by Gasteiger charge is 1.98. The van der Waals surface area contributed by atoms with Gasteiger partial charge < -0.3 is 9.25 Å². The van der Waals surface area contributed by atoms with Crippen molar-refractivity contribution < 1.29 is 9.25 Å². The van der Waals surface area contributed by atoms with Crippen molar-refractivity contribution in [3.8, 4) is 0 Å². The summed E-state index contributed by atoms with van der Waals surface area (Å²) in [5.41, 5.74) is 1.94. The molecule has 0 fully saturated rings. The summed E-state index contributed by atoms with van der Waals surface area (Å²) < 4.78 is 5.20. The third-order valence-electron chi connectivity index (χ3n) is 1.84. The number of hydrogen-bond donors (Lipinski definition) is 0. The van der Waals surface area contributed by atoms with E-state index in [2.05, 4.69) is 11.9 Å². The SMILES string of the molecule is C=NOCc1ccc2occc2c1. The zero-order valence-corrected chi connectivity index (χ0v) is 7.06. The van der Waals surface area contributed by atoms with Gasteiger partial charge in [-0.25, -0.2) is 0 Å². The molecular formula is C10H9NO2. The number of oxime groups is 1. The topological polar surface area (TPSA) is 34.7 Å². The molecule has 2 aromatic rings. The predicted octanol–water partition coefficient (Wildman–Crippen LogP) is 2.57. The molecule has 1 aromatic heterocycles. The molecule has 13 heavy (non-hydrogen) atoms. The van der Waals surface area contributed by atoms with Crippen LogP contribution in [-0.2, 0) is 11.4 Å². The fraction of sp³-hybridized carbons (Fsp3) is 0.100. The summed E-state index contributed by atoms with van der Waals surface area (Å²) >= 11 is 0. The standard InChI is InChI=1S/C10H9NO2/c1-11-13-7-8-2-3-10-9(6-8)4-5-12-10/h2-6H,1,7H2. The Morgan fingerprint density at radius 1 is 1.38 bits per heavy atom. The average molecular weight is 175 g/mol. The van der Waals surface area contributed by atoms with E-state index in [1.165, 1.54) is 0 Å². The van der Waals surface area contributed by atoms with Gasteiger partial charge in [0.2, 0.25) is 0 Å². The van der Waals surface area contributed by atoms with Crippen molar-refractivity contribution in [3.63, 3.8) is 0 Å². The summed E-state index contributed by atoms with van der Waals surface area (Å²) in [4.78, 5) is 4.83. The van der Waals surface area contributed by atoms with E-state index in [0.29, 0.717) is 6.61 Å². The van der Waals surface area contributed by atoms with E-state index >= 15 is 0 Å². The second-order valence-corrected chi connectivity index (χ2v) is 2.70. The van der Waals surface area contributed by atoms with Crippen LogP contribution in [0.25, 0.3) is 11.0 Å². The van der Waals surface area contributed by atoms with Gasteiger partial charge in [-0.3, -0.25) is 0 Å². The Morgan fingerprint density at radius 3 is 3.15 bits per heavy atom. The number of fused-ring (bicyclic) bond motifs is 1. The van der Waals surface area contributed by atoms with Crippen LogP contribution in [0, 0.1) is 0 Å². The van der Waals surface area contributed by atoms with Crippen LogP contribution in [-0.4, -0.2) is 6.72 Å². The largest absolute Gasteiger partial charge is 0.464 e. The quantitative estimate of drug-likeness (QED) is 0.530. The summed E-state index contributed by atoms with van der Waals surface area (Å²) in [5, 5.41) is 4.40. The lowest BCUT2D eigenvalue weighted by Crippen LogP contribution is -1.84. The highest BCUT2D eigenvalue weighted by molar-refractivity contribution is 5.77. The summed E-state index contributed by atoms with van der Waals surface area (Å²) in [7, 11) is 0. The molecule has 0 unspecified atom stereocenters. The number of rotatable bonds is 3. The summed E-state index contributed by atoms with van der Waals surface area (Å²) in [6.07, 6.45) is 1.67. The molecule has 1 heterocycles. The third-order valence-corrected chi connectivity index (χ3v) is 1.84. The third kappa shape index (κ3) is 1.54. The van der Waals surface area contributed by atoms with Crippen molar-refractivity contribution in [3.05, 3.63) is 36.1 Å². The van der Waals surface area contributed by atoms with E-state index in [4.69, 9.17) is 9.25 Å². The molecule has 0 bridgehead atoms. The van der Waals surface area contributed by atoms with Gasteiger partial charge in [-0.2, -0.15) is 0 Å². The zero-order chi connectivity index (χ0) is 9.10. The van der Waals surface area contributed by atoms with E-state index in [1.807, 2.05) is 24.3 Å². The number of hydrogen-bond acceptors (Lipinski definition) is 3. The fourth-order valence-electron chi connectivity index (χ4n) is 1.23. The monoisotopic (exact) mass is 175 g/mol. The number of nitrogens with zero attached hydrogens (tertiary/aromatic N) is 1. The lowest BCUT2D eigenvalue weighted by atomic mass is 10.2. The van der Waals surface area contributed by atoms with Crippen LogP contribution >= 0.6 is 0 Å². The zero-order valence-electron chi connectivity index (χ0n) is 7.06. The summed E-state index contributed by atoms with van der Waals surface area (Å²) in [6.45, 7) is 3.69. The number of furan rings is 1. The van der Waals surface area contributed by atoms with Crippen molar-refractivity contribution in [1.29, 1.82) is 0 Å². The molecule has 66 valence electrons. The minimum absolute atomic E-state index is 0.449. The molecule has 3 nitrogen and oxygen atoms in total. The van der Waals surface area contributed by atoms with Crippen LogP contribution in [0.1, 0.15) is 5.56 Å². The van der Waals surface area contributed by atoms with Crippen molar-refractivity contribution in [2.24, 2.45) is 5.16 Å². The predicted molar refractivity (Wildman–Crippen MR) is 50.6 cm³/mol. The lowest BCUT2D eigenvalue weighted by molar-refractivity contribution is 0.133. The first kappa shape index (κ1) is 7.86.